The molecule has 0 unspecified atom stereocenters. The molecule has 0 bridgehead atoms. The summed E-state index contributed by atoms with van der Waals surface area (Å²) in [6, 6.07) is 5.11. The third-order valence-corrected chi connectivity index (χ3v) is 1.94. The predicted molar refractivity (Wildman–Crippen MR) is 60.4 cm³/mol. The standard InChI is InChI=1S/C11H16N2O3/c1-3-15-9-7-5-6-8(11(14)13-12)10(9)16-4-2/h5-7H,3-4,12H2,1-2H3,(H,13,14). The Morgan fingerprint density at radius 3 is 2.56 bits per heavy atom. The summed E-state index contributed by atoms with van der Waals surface area (Å²) >= 11 is 0. The van der Waals surface area contributed by atoms with Crippen molar-refractivity contribution in [3.05, 3.63) is 23.8 Å². The van der Waals surface area contributed by atoms with Crippen LogP contribution in [-0.4, -0.2) is 19.1 Å². The second-order valence-electron chi connectivity index (χ2n) is 2.97. The SMILES string of the molecule is CCOc1cccc(C(=O)NN)c1OCC. The van der Waals surface area contributed by atoms with Crippen LogP contribution in [0.15, 0.2) is 18.2 Å². The van der Waals surface area contributed by atoms with Crippen LogP contribution < -0.4 is 20.7 Å². The fourth-order valence-corrected chi connectivity index (χ4v) is 1.33. The fraction of sp³-hybridized carbons (Fsp3) is 0.364. The molecule has 5 nitrogen and oxygen atoms in total. The van der Waals surface area contributed by atoms with E-state index in [0.717, 1.165) is 0 Å². The molecule has 0 saturated heterocycles. The molecule has 0 atom stereocenters. The van der Waals surface area contributed by atoms with E-state index in [4.69, 9.17) is 15.3 Å². The molecular weight excluding hydrogens is 208 g/mol. The van der Waals surface area contributed by atoms with Crippen molar-refractivity contribution in [2.24, 2.45) is 5.84 Å². The lowest BCUT2D eigenvalue weighted by molar-refractivity contribution is 0.0949. The highest BCUT2D eigenvalue weighted by molar-refractivity contribution is 5.97. The van der Waals surface area contributed by atoms with E-state index >= 15 is 0 Å². The normalized spacial score (nSPS) is 9.69. The van der Waals surface area contributed by atoms with Crippen molar-refractivity contribution in [2.75, 3.05) is 13.2 Å². The molecule has 5 heteroatoms. The van der Waals surface area contributed by atoms with Crippen LogP contribution in [0.4, 0.5) is 0 Å². The minimum atomic E-state index is -0.398. The third kappa shape index (κ3) is 2.64. The summed E-state index contributed by atoms with van der Waals surface area (Å²) in [7, 11) is 0. The number of nitrogens with two attached hydrogens (primary N) is 1. The molecule has 0 spiro atoms. The number of hydrazine groups is 1. The lowest BCUT2D eigenvalue weighted by Crippen LogP contribution is -2.30. The van der Waals surface area contributed by atoms with Crippen molar-refractivity contribution >= 4 is 5.91 Å². The van der Waals surface area contributed by atoms with Gasteiger partial charge in [-0.1, -0.05) is 6.07 Å². The van der Waals surface area contributed by atoms with Crippen LogP contribution in [0.2, 0.25) is 0 Å². The molecular formula is C11H16N2O3. The summed E-state index contributed by atoms with van der Waals surface area (Å²) in [6.45, 7) is 4.67. The molecule has 1 aromatic carbocycles. The quantitative estimate of drug-likeness (QED) is 0.446. The van der Waals surface area contributed by atoms with Gasteiger partial charge in [-0.05, 0) is 26.0 Å². The van der Waals surface area contributed by atoms with E-state index < -0.39 is 5.91 Å². The lowest BCUT2D eigenvalue weighted by atomic mass is 10.1. The maximum Gasteiger partial charge on any atom is 0.269 e. The van der Waals surface area contributed by atoms with Crippen molar-refractivity contribution in [3.63, 3.8) is 0 Å². The van der Waals surface area contributed by atoms with E-state index in [1.807, 2.05) is 13.8 Å². The number of ether oxygens (including phenoxy) is 2. The Morgan fingerprint density at radius 2 is 2.00 bits per heavy atom. The Labute approximate surface area is 94.5 Å². The summed E-state index contributed by atoms with van der Waals surface area (Å²) in [5.41, 5.74) is 2.45. The van der Waals surface area contributed by atoms with Crippen LogP contribution in [0.1, 0.15) is 24.2 Å². The maximum atomic E-state index is 11.5. The monoisotopic (exact) mass is 224 g/mol. The van der Waals surface area contributed by atoms with Gasteiger partial charge >= 0.3 is 0 Å². The number of hydrogen-bond acceptors (Lipinski definition) is 4. The summed E-state index contributed by atoms with van der Waals surface area (Å²) in [5.74, 6) is 5.67. The highest BCUT2D eigenvalue weighted by Gasteiger charge is 2.15. The van der Waals surface area contributed by atoms with Crippen LogP contribution in [0.3, 0.4) is 0 Å². The molecule has 0 aliphatic rings. The third-order valence-electron chi connectivity index (χ3n) is 1.94. The number of hydrogen-bond donors (Lipinski definition) is 2. The van der Waals surface area contributed by atoms with Crippen molar-refractivity contribution in [1.29, 1.82) is 0 Å². The van der Waals surface area contributed by atoms with Crippen LogP contribution in [0, 0.1) is 0 Å². The summed E-state index contributed by atoms with van der Waals surface area (Å²) in [4.78, 5) is 11.5. The van der Waals surface area contributed by atoms with Gasteiger partial charge in [0.05, 0.1) is 18.8 Å². The molecule has 0 aliphatic heterocycles. The van der Waals surface area contributed by atoms with Gasteiger partial charge in [0, 0.05) is 0 Å². The summed E-state index contributed by atoms with van der Waals surface area (Å²) in [6.07, 6.45) is 0. The number of amides is 1. The van der Waals surface area contributed by atoms with Gasteiger partial charge in [0.25, 0.3) is 5.91 Å². The molecule has 1 rings (SSSR count). The predicted octanol–water partition coefficient (Wildman–Crippen LogP) is 1.09. The Kier molecular flexibility index (Phi) is 4.60. The Balaban J connectivity index is 3.15. The van der Waals surface area contributed by atoms with Gasteiger partial charge in [0.2, 0.25) is 0 Å². The molecule has 0 aromatic heterocycles. The first kappa shape index (κ1) is 12.3. The van der Waals surface area contributed by atoms with Crippen LogP contribution in [0.25, 0.3) is 0 Å². The van der Waals surface area contributed by atoms with Gasteiger partial charge in [-0.25, -0.2) is 5.84 Å². The zero-order chi connectivity index (χ0) is 12.0. The average Bonchev–Trinajstić information content (AvgIpc) is 2.31. The van der Waals surface area contributed by atoms with Crippen molar-refractivity contribution in [3.8, 4) is 11.5 Å². The number of carbonyl (C=O) groups is 1. The highest BCUT2D eigenvalue weighted by Crippen LogP contribution is 2.31. The molecule has 0 fully saturated rings. The number of nitrogens with one attached hydrogen (secondary N) is 1. The van der Waals surface area contributed by atoms with E-state index in [9.17, 15) is 4.79 Å². The number of benzene rings is 1. The van der Waals surface area contributed by atoms with Gasteiger partial charge in [0.15, 0.2) is 11.5 Å². The minimum absolute atomic E-state index is 0.371. The van der Waals surface area contributed by atoms with Gasteiger partial charge in [-0.3, -0.25) is 10.2 Å². The van der Waals surface area contributed by atoms with E-state index in [1.165, 1.54) is 0 Å². The largest absolute Gasteiger partial charge is 0.490 e. The molecule has 0 saturated carbocycles. The van der Waals surface area contributed by atoms with Crippen molar-refractivity contribution < 1.29 is 14.3 Å². The van der Waals surface area contributed by atoms with E-state index in [1.54, 1.807) is 18.2 Å². The number of rotatable bonds is 5. The molecule has 0 heterocycles. The molecule has 88 valence electrons. The van der Waals surface area contributed by atoms with E-state index in [2.05, 4.69) is 5.43 Å². The van der Waals surface area contributed by atoms with Crippen LogP contribution in [0.5, 0.6) is 11.5 Å². The summed E-state index contributed by atoms with van der Waals surface area (Å²) < 4.78 is 10.8. The Bertz CT molecular complexity index is 366. The molecule has 16 heavy (non-hydrogen) atoms. The summed E-state index contributed by atoms with van der Waals surface area (Å²) in [5, 5.41) is 0. The molecule has 3 N–H and O–H groups in total. The second-order valence-corrected chi connectivity index (χ2v) is 2.97. The Morgan fingerprint density at radius 1 is 1.31 bits per heavy atom. The topological polar surface area (TPSA) is 73.6 Å². The zero-order valence-corrected chi connectivity index (χ0v) is 9.45. The van der Waals surface area contributed by atoms with E-state index in [-0.39, 0.29) is 0 Å². The van der Waals surface area contributed by atoms with Crippen LogP contribution in [-0.2, 0) is 0 Å². The Hall–Kier alpha value is -1.75. The van der Waals surface area contributed by atoms with Gasteiger partial charge in [0.1, 0.15) is 0 Å². The minimum Gasteiger partial charge on any atom is -0.490 e. The molecule has 1 amide bonds. The van der Waals surface area contributed by atoms with E-state index in [0.29, 0.717) is 30.3 Å². The number of carbonyl (C=O) groups excluding carboxylic acids is 1. The van der Waals surface area contributed by atoms with Crippen LogP contribution >= 0.6 is 0 Å². The average molecular weight is 224 g/mol. The molecule has 0 aliphatic carbocycles. The number of para-hydroxylation sites is 1. The van der Waals surface area contributed by atoms with Crippen molar-refractivity contribution in [1.82, 2.24) is 5.43 Å². The van der Waals surface area contributed by atoms with Crippen molar-refractivity contribution in [2.45, 2.75) is 13.8 Å². The first-order valence-electron chi connectivity index (χ1n) is 5.14. The van der Waals surface area contributed by atoms with Gasteiger partial charge in [-0.2, -0.15) is 0 Å². The van der Waals surface area contributed by atoms with Gasteiger partial charge < -0.3 is 9.47 Å². The van der Waals surface area contributed by atoms with Gasteiger partial charge in [-0.15, -0.1) is 0 Å². The second kappa shape index (κ2) is 5.97. The zero-order valence-electron chi connectivity index (χ0n) is 9.45. The highest BCUT2D eigenvalue weighted by atomic mass is 16.5. The molecule has 0 radical (unpaired) electrons. The number of nitrogen functional groups attached to an aromatic ring is 1. The fourth-order valence-electron chi connectivity index (χ4n) is 1.33. The molecule has 1 aromatic rings. The first-order chi connectivity index (χ1) is 7.74. The first-order valence-corrected chi connectivity index (χ1v) is 5.14. The lowest BCUT2D eigenvalue weighted by Gasteiger charge is -2.13. The smallest absolute Gasteiger partial charge is 0.269 e. The maximum absolute atomic E-state index is 11.5.